The van der Waals surface area contributed by atoms with Gasteiger partial charge in [-0.2, -0.15) is 0 Å². The molecule has 3 aromatic heterocycles. The Balaban J connectivity index is 1.43. The molecule has 4 aromatic rings. The molecule has 7 nitrogen and oxygen atoms in total. The quantitative estimate of drug-likeness (QED) is 0.484. The summed E-state index contributed by atoms with van der Waals surface area (Å²) in [5, 5.41) is 5.73. The maximum Gasteiger partial charge on any atom is 0.189 e. The molecule has 150 valence electrons. The monoisotopic (exact) mass is 409 g/mol. The van der Waals surface area contributed by atoms with E-state index in [0.717, 1.165) is 53.4 Å². The van der Waals surface area contributed by atoms with Crippen molar-refractivity contribution in [1.29, 1.82) is 0 Å². The molecule has 0 saturated heterocycles. The Bertz CT molecular complexity index is 1150. The molecule has 0 fully saturated rings. The van der Waals surface area contributed by atoms with Gasteiger partial charge in [0.15, 0.2) is 11.5 Å². The van der Waals surface area contributed by atoms with Crippen LogP contribution in [0.3, 0.4) is 0 Å². The van der Waals surface area contributed by atoms with Crippen LogP contribution in [0.5, 0.6) is 11.5 Å². The van der Waals surface area contributed by atoms with Crippen molar-refractivity contribution >= 4 is 27.2 Å². The minimum atomic E-state index is 0.312. The average molecular weight is 410 g/mol. The number of aromatic nitrogens is 4. The maximum absolute atomic E-state index is 5.85. The van der Waals surface area contributed by atoms with Gasteiger partial charge in [0.1, 0.15) is 29.3 Å². The van der Waals surface area contributed by atoms with E-state index in [2.05, 4.69) is 21.9 Å². The van der Waals surface area contributed by atoms with Crippen molar-refractivity contribution in [1.82, 2.24) is 24.5 Å². The summed E-state index contributed by atoms with van der Waals surface area (Å²) >= 11 is 1.79. The van der Waals surface area contributed by atoms with E-state index in [0.29, 0.717) is 12.4 Å². The van der Waals surface area contributed by atoms with E-state index in [4.69, 9.17) is 14.5 Å². The first kappa shape index (κ1) is 18.3. The van der Waals surface area contributed by atoms with Crippen LogP contribution in [0.2, 0.25) is 0 Å². The zero-order valence-electron chi connectivity index (χ0n) is 16.6. The van der Waals surface area contributed by atoms with Gasteiger partial charge in [0.05, 0.1) is 12.5 Å². The van der Waals surface area contributed by atoms with E-state index in [-0.39, 0.29) is 0 Å². The van der Waals surface area contributed by atoms with Gasteiger partial charge in [-0.05, 0) is 49.2 Å². The Labute approximate surface area is 172 Å². The zero-order valence-corrected chi connectivity index (χ0v) is 17.4. The predicted octanol–water partition coefficient (Wildman–Crippen LogP) is 3.69. The molecule has 0 aliphatic carbocycles. The highest BCUT2D eigenvalue weighted by molar-refractivity contribution is 7.19. The Morgan fingerprint density at radius 3 is 2.79 bits per heavy atom. The van der Waals surface area contributed by atoms with Gasteiger partial charge in [-0.25, -0.2) is 14.5 Å². The molecule has 0 amide bonds. The summed E-state index contributed by atoms with van der Waals surface area (Å²) in [6, 6.07) is 7.51. The second-order valence-electron chi connectivity index (χ2n) is 7.22. The van der Waals surface area contributed by atoms with Crippen LogP contribution in [0.15, 0.2) is 30.6 Å². The molecular formula is C21H23N5O2S. The number of methoxy groups -OCH3 is 1. The Morgan fingerprint density at radius 1 is 1.17 bits per heavy atom. The summed E-state index contributed by atoms with van der Waals surface area (Å²) in [7, 11) is 1.65. The van der Waals surface area contributed by atoms with E-state index in [1.165, 1.54) is 16.9 Å². The summed E-state index contributed by atoms with van der Waals surface area (Å²) < 4.78 is 12.8. The molecular weight excluding hydrogens is 386 g/mol. The smallest absolute Gasteiger partial charge is 0.189 e. The summed E-state index contributed by atoms with van der Waals surface area (Å²) in [5.41, 5.74) is 2.27. The molecule has 0 spiro atoms. The van der Waals surface area contributed by atoms with Crippen LogP contribution in [-0.2, 0) is 19.6 Å². The third kappa shape index (κ3) is 3.42. The molecule has 0 radical (unpaired) electrons. The zero-order chi connectivity index (χ0) is 19.8. The normalized spacial score (nSPS) is 14.4. The Kier molecular flexibility index (Phi) is 4.81. The highest BCUT2D eigenvalue weighted by atomic mass is 32.1. The lowest BCUT2D eigenvalue weighted by Crippen LogP contribution is -2.30. The van der Waals surface area contributed by atoms with Crippen molar-refractivity contribution < 1.29 is 9.47 Å². The lowest BCUT2D eigenvalue weighted by Gasteiger charge is -2.26. The van der Waals surface area contributed by atoms with Crippen LogP contribution >= 0.6 is 11.3 Å². The van der Waals surface area contributed by atoms with Crippen molar-refractivity contribution in [3.05, 3.63) is 46.9 Å². The molecule has 0 atom stereocenters. The van der Waals surface area contributed by atoms with E-state index < -0.39 is 0 Å². The van der Waals surface area contributed by atoms with Gasteiger partial charge in [-0.15, -0.1) is 16.4 Å². The number of thiophene rings is 1. The number of hydrogen-bond acceptors (Lipinski definition) is 7. The summed E-state index contributed by atoms with van der Waals surface area (Å²) in [5.74, 6) is 2.21. The molecule has 29 heavy (non-hydrogen) atoms. The van der Waals surface area contributed by atoms with Crippen molar-refractivity contribution in [3.8, 4) is 11.5 Å². The number of hydrogen-bond donors (Lipinski definition) is 0. The molecule has 0 unspecified atom stereocenters. The fourth-order valence-electron chi connectivity index (χ4n) is 3.88. The molecule has 0 saturated carbocycles. The van der Waals surface area contributed by atoms with Crippen LogP contribution < -0.4 is 9.47 Å². The van der Waals surface area contributed by atoms with E-state index in [1.807, 2.05) is 24.3 Å². The Hall–Kier alpha value is -2.71. The second-order valence-corrected chi connectivity index (χ2v) is 8.30. The third-order valence-electron chi connectivity index (χ3n) is 5.27. The molecule has 1 aromatic carbocycles. The number of rotatable bonds is 6. The van der Waals surface area contributed by atoms with Crippen molar-refractivity contribution in [3.63, 3.8) is 0 Å². The van der Waals surface area contributed by atoms with Crippen molar-refractivity contribution in [2.45, 2.75) is 32.9 Å². The van der Waals surface area contributed by atoms with E-state index in [9.17, 15) is 0 Å². The highest BCUT2D eigenvalue weighted by Crippen LogP contribution is 2.36. The molecule has 8 heteroatoms. The lowest BCUT2D eigenvalue weighted by molar-refractivity contribution is 0.258. The van der Waals surface area contributed by atoms with Gasteiger partial charge in [-0.3, -0.25) is 4.90 Å². The van der Waals surface area contributed by atoms with E-state index >= 15 is 0 Å². The van der Waals surface area contributed by atoms with Gasteiger partial charge < -0.3 is 9.47 Å². The van der Waals surface area contributed by atoms with Crippen molar-refractivity contribution in [2.75, 3.05) is 20.2 Å². The third-order valence-corrected chi connectivity index (χ3v) is 6.39. The maximum atomic E-state index is 5.85. The van der Waals surface area contributed by atoms with Crippen LogP contribution in [0.4, 0.5) is 0 Å². The average Bonchev–Trinajstić information content (AvgIpc) is 3.33. The van der Waals surface area contributed by atoms with Gasteiger partial charge in [0.25, 0.3) is 0 Å². The van der Waals surface area contributed by atoms with Crippen molar-refractivity contribution in [2.24, 2.45) is 0 Å². The van der Waals surface area contributed by atoms with Gasteiger partial charge in [0, 0.05) is 18.0 Å². The van der Waals surface area contributed by atoms with Crippen LogP contribution in [0.25, 0.3) is 15.9 Å². The molecule has 0 N–H and O–H groups in total. The van der Waals surface area contributed by atoms with Crippen LogP contribution in [0.1, 0.15) is 29.6 Å². The number of nitrogens with zero attached hydrogens (tertiary/aromatic N) is 5. The fourth-order valence-corrected chi connectivity index (χ4v) is 5.10. The lowest BCUT2D eigenvalue weighted by atomic mass is 10.1. The predicted molar refractivity (Wildman–Crippen MR) is 113 cm³/mol. The van der Waals surface area contributed by atoms with Crippen LogP contribution in [0, 0.1) is 0 Å². The highest BCUT2D eigenvalue weighted by Gasteiger charge is 2.23. The van der Waals surface area contributed by atoms with Gasteiger partial charge in [-0.1, -0.05) is 6.92 Å². The second kappa shape index (κ2) is 7.61. The largest absolute Gasteiger partial charge is 0.497 e. The summed E-state index contributed by atoms with van der Waals surface area (Å²) in [6.07, 6.45) is 3.99. The molecule has 1 aliphatic rings. The first-order chi connectivity index (χ1) is 14.2. The van der Waals surface area contributed by atoms with E-state index in [1.54, 1.807) is 29.3 Å². The molecule has 4 heterocycles. The number of benzene rings is 1. The Morgan fingerprint density at radius 2 is 2.00 bits per heavy atom. The standard InChI is InChI=1S/C21H23N5O2S/c1-3-9-25-10-8-16-17(11-25)29-21-19(16)20-23-18(24-26(20)13-22-21)12-28-15-6-4-14(27-2)5-7-15/h4-7,13H,3,8-12H2,1-2H3. The first-order valence-electron chi connectivity index (χ1n) is 9.89. The molecule has 1 aliphatic heterocycles. The van der Waals surface area contributed by atoms with Gasteiger partial charge >= 0.3 is 0 Å². The minimum Gasteiger partial charge on any atom is -0.497 e. The topological polar surface area (TPSA) is 64.8 Å². The van der Waals surface area contributed by atoms with Gasteiger partial charge in [0.2, 0.25) is 0 Å². The molecule has 0 bridgehead atoms. The summed E-state index contributed by atoms with van der Waals surface area (Å²) in [6.45, 7) is 5.80. The number of ether oxygens (including phenoxy) is 2. The summed E-state index contributed by atoms with van der Waals surface area (Å²) in [4.78, 5) is 14.4. The SMILES string of the molecule is CCCN1CCc2c(sc3ncn4nc(COc5ccc(OC)cc5)nc4c23)C1. The first-order valence-corrected chi connectivity index (χ1v) is 10.7. The number of fused-ring (bicyclic) bond motifs is 5. The fraction of sp³-hybridized carbons (Fsp3) is 0.381. The van der Waals surface area contributed by atoms with Crippen LogP contribution in [-0.4, -0.2) is 44.7 Å². The molecule has 5 rings (SSSR count). The minimum absolute atomic E-state index is 0.312.